The van der Waals surface area contributed by atoms with Gasteiger partial charge in [0.25, 0.3) is 0 Å². The number of unbranched alkanes of at least 4 members (excludes halogenated alkanes) is 2. The molecule has 0 unspecified atom stereocenters. The molecular formula is C37H36Cl2N6S2. The molecule has 0 aliphatic rings. The second-order valence-electron chi connectivity index (χ2n) is 11.5. The summed E-state index contributed by atoms with van der Waals surface area (Å²) < 4.78 is 4.43. The highest BCUT2D eigenvalue weighted by molar-refractivity contribution is 7.98. The van der Waals surface area contributed by atoms with E-state index in [0.29, 0.717) is 0 Å². The van der Waals surface area contributed by atoms with Crippen LogP contribution < -0.4 is 0 Å². The molecule has 0 saturated heterocycles. The molecule has 6 rings (SSSR count). The minimum atomic E-state index is 0.743. The fourth-order valence-electron chi connectivity index (χ4n) is 5.36. The molecule has 0 aliphatic heterocycles. The minimum Gasteiger partial charge on any atom is -0.274 e. The third kappa shape index (κ3) is 8.87. The van der Waals surface area contributed by atoms with Crippen molar-refractivity contribution in [2.24, 2.45) is 0 Å². The standard InChI is InChI=1S/C37H36Cl2N6S2/c1-26-8-6-10-32(22-26)44-34(40-42-36(44)46-24-28-14-18-30(38)19-15-28)12-4-3-5-13-35-41-43-37(45(35)33-11-7-9-27(2)23-33)47-25-29-16-20-31(39)21-17-29/h6-11,14-23H,3-5,12-13,24-25H2,1-2H3. The van der Waals surface area contributed by atoms with Crippen LogP contribution >= 0.6 is 46.7 Å². The summed E-state index contributed by atoms with van der Waals surface area (Å²) in [6.07, 6.45) is 4.73. The summed E-state index contributed by atoms with van der Waals surface area (Å²) in [6, 6.07) is 33.0. The summed E-state index contributed by atoms with van der Waals surface area (Å²) in [6.45, 7) is 4.23. The largest absolute Gasteiger partial charge is 0.274 e. The van der Waals surface area contributed by atoms with Gasteiger partial charge in [0.05, 0.1) is 0 Å². The molecule has 0 amide bonds. The molecule has 47 heavy (non-hydrogen) atoms. The van der Waals surface area contributed by atoms with Crippen molar-refractivity contribution in [3.8, 4) is 11.4 Å². The highest BCUT2D eigenvalue weighted by Gasteiger charge is 2.17. The summed E-state index contributed by atoms with van der Waals surface area (Å²) in [4.78, 5) is 0. The molecule has 0 bridgehead atoms. The maximum absolute atomic E-state index is 6.09. The Kier molecular flexibility index (Phi) is 11.4. The van der Waals surface area contributed by atoms with E-state index in [0.717, 1.165) is 87.0 Å². The summed E-state index contributed by atoms with van der Waals surface area (Å²) in [5.41, 5.74) is 7.00. The van der Waals surface area contributed by atoms with Gasteiger partial charge in [-0.1, -0.05) is 102 Å². The van der Waals surface area contributed by atoms with E-state index < -0.39 is 0 Å². The SMILES string of the molecule is Cc1cccc(-n2c(CCCCCc3nnc(SCc4ccc(Cl)cc4)n3-c3cccc(C)c3)nnc2SCc2ccc(Cl)cc2)c1. The number of nitrogens with zero attached hydrogens (tertiary/aromatic N) is 6. The molecule has 0 spiro atoms. The van der Waals surface area contributed by atoms with Crippen LogP contribution in [0.5, 0.6) is 0 Å². The Morgan fingerprint density at radius 3 is 1.36 bits per heavy atom. The van der Waals surface area contributed by atoms with Crippen LogP contribution in [0.3, 0.4) is 0 Å². The first-order valence-electron chi connectivity index (χ1n) is 15.7. The van der Waals surface area contributed by atoms with E-state index in [4.69, 9.17) is 23.2 Å². The Labute approximate surface area is 295 Å². The molecule has 6 aromatic rings. The minimum absolute atomic E-state index is 0.743. The van der Waals surface area contributed by atoms with E-state index in [1.807, 2.05) is 24.3 Å². The normalized spacial score (nSPS) is 11.3. The molecule has 0 atom stereocenters. The van der Waals surface area contributed by atoms with E-state index >= 15 is 0 Å². The molecule has 240 valence electrons. The Morgan fingerprint density at radius 2 is 0.957 bits per heavy atom. The highest BCUT2D eigenvalue weighted by atomic mass is 35.5. The van der Waals surface area contributed by atoms with Crippen LogP contribution in [0.15, 0.2) is 107 Å². The summed E-state index contributed by atoms with van der Waals surface area (Å²) >= 11 is 15.6. The average molecular weight is 700 g/mol. The maximum atomic E-state index is 6.09. The van der Waals surface area contributed by atoms with Gasteiger partial charge in [0.2, 0.25) is 0 Å². The topological polar surface area (TPSA) is 61.4 Å². The van der Waals surface area contributed by atoms with Crippen LogP contribution in [0.4, 0.5) is 0 Å². The van der Waals surface area contributed by atoms with E-state index in [9.17, 15) is 0 Å². The van der Waals surface area contributed by atoms with Gasteiger partial charge in [-0.05, 0) is 97.5 Å². The highest BCUT2D eigenvalue weighted by Crippen LogP contribution is 2.29. The van der Waals surface area contributed by atoms with Crippen molar-refractivity contribution in [1.82, 2.24) is 29.5 Å². The fraction of sp³-hybridized carbons (Fsp3) is 0.243. The van der Waals surface area contributed by atoms with Crippen molar-refractivity contribution in [1.29, 1.82) is 0 Å². The van der Waals surface area contributed by atoms with Crippen molar-refractivity contribution >= 4 is 46.7 Å². The van der Waals surface area contributed by atoms with Crippen LogP contribution in [0.25, 0.3) is 11.4 Å². The third-order valence-electron chi connectivity index (χ3n) is 7.78. The molecule has 2 heterocycles. The fourth-order valence-corrected chi connectivity index (χ4v) is 7.47. The Bertz CT molecular complexity index is 1780. The van der Waals surface area contributed by atoms with Gasteiger partial charge in [-0.25, -0.2) is 0 Å². The number of hydrogen-bond acceptors (Lipinski definition) is 6. The summed E-state index contributed by atoms with van der Waals surface area (Å²) in [5, 5.41) is 21.8. The third-order valence-corrected chi connectivity index (χ3v) is 10.3. The van der Waals surface area contributed by atoms with Gasteiger partial charge >= 0.3 is 0 Å². The molecule has 6 nitrogen and oxygen atoms in total. The number of aromatic nitrogens is 6. The lowest BCUT2D eigenvalue weighted by atomic mass is 10.1. The predicted octanol–water partition coefficient (Wildman–Crippen LogP) is 10.3. The quantitative estimate of drug-likeness (QED) is 0.0833. The van der Waals surface area contributed by atoms with E-state index in [1.54, 1.807) is 23.5 Å². The Hall–Kier alpha value is -3.56. The zero-order valence-electron chi connectivity index (χ0n) is 26.4. The van der Waals surface area contributed by atoms with Gasteiger partial charge in [-0.15, -0.1) is 20.4 Å². The lowest BCUT2D eigenvalue weighted by Crippen LogP contribution is -2.05. The van der Waals surface area contributed by atoms with Gasteiger partial charge in [0, 0.05) is 45.8 Å². The summed E-state index contributed by atoms with van der Waals surface area (Å²) in [5.74, 6) is 3.56. The Morgan fingerprint density at radius 1 is 0.532 bits per heavy atom. The van der Waals surface area contributed by atoms with Crippen molar-refractivity contribution in [2.45, 2.75) is 67.8 Å². The van der Waals surface area contributed by atoms with Gasteiger partial charge in [-0.3, -0.25) is 9.13 Å². The number of halogens is 2. The number of thioether (sulfide) groups is 2. The monoisotopic (exact) mass is 698 g/mol. The molecule has 10 heteroatoms. The van der Waals surface area contributed by atoms with E-state index in [1.165, 1.54) is 22.3 Å². The van der Waals surface area contributed by atoms with Crippen LogP contribution in [-0.4, -0.2) is 29.5 Å². The van der Waals surface area contributed by atoms with Crippen LogP contribution in [0.2, 0.25) is 10.0 Å². The molecule has 4 aromatic carbocycles. The number of benzene rings is 4. The molecule has 0 radical (unpaired) electrons. The van der Waals surface area contributed by atoms with Crippen LogP contribution in [0.1, 0.15) is 53.2 Å². The molecule has 0 aliphatic carbocycles. The molecule has 0 N–H and O–H groups in total. The van der Waals surface area contributed by atoms with Crippen molar-refractivity contribution in [3.05, 3.63) is 141 Å². The van der Waals surface area contributed by atoms with Crippen molar-refractivity contribution in [3.63, 3.8) is 0 Å². The predicted molar refractivity (Wildman–Crippen MR) is 195 cm³/mol. The van der Waals surface area contributed by atoms with Gasteiger partial charge in [0.15, 0.2) is 10.3 Å². The summed E-state index contributed by atoms with van der Waals surface area (Å²) in [7, 11) is 0. The molecule has 0 fully saturated rings. The van der Waals surface area contributed by atoms with Gasteiger partial charge in [0.1, 0.15) is 11.6 Å². The van der Waals surface area contributed by atoms with Crippen LogP contribution in [0, 0.1) is 13.8 Å². The average Bonchev–Trinajstić information content (AvgIpc) is 3.68. The number of rotatable bonds is 14. The van der Waals surface area contributed by atoms with Gasteiger partial charge in [-0.2, -0.15) is 0 Å². The van der Waals surface area contributed by atoms with Crippen molar-refractivity contribution < 1.29 is 0 Å². The first-order chi connectivity index (χ1) is 22.9. The lowest BCUT2D eigenvalue weighted by Gasteiger charge is -2.12. The molecule has 0 saturated carbocycles. The maximum Gasteiger partial charge on any atom is 0.196 e. The smallest absolute Gasteiger partial charge is 0.196 e. The van der Waals surface area contributed by atoms with Crippen LogP contribution in [-0.2, 0) is 24.3 Å². The van der Waals surface area contributed by atoms with Crippen molar-refractivity contribution in [2.75, 3.05) is 0 Å². The van der Waals surface area contributed by atoms with E-state index in [-0.39, 0.29) is 0 Å². The van der Waals surface area contributed by atoms with E-state index in [2.05, 4.69) is 116 Å². The molecule has 2 aromatic heterocycles. The zero-order chi connectivity index (χ0) is 32.6. The second-order valence-corrected chi connectivity index (χ2v) is 14.3. The number of hydrogen-bond donors (Lipinski definition) is 0. The Balaban J connectivity index is 1.12. The second kappa shape index (κ2) is 16.0. The zero-order valence-corrected chi connectivity index (χ0v) is 29.6. The molecular weight excluding hydrogens is 663 g/mol. The first kappa shape index (κ1) is 33.3. The van der Waals surface area contributed by atoms with Gasteiger partial charge < -0.3 is 0 Å². The first-order valence-corrected chi connectivity index (χ1v) is 18.4. The lowest BCUT2D eigenvalue weighted by molar-refractivity contribution is 0.634. The number of aryl methyl sites for hydroxylation is 4.